The zero-order valence-electron chi connectivity index (χ0n) is 12.7. The third-order valence-corrected chi connectivity index (χ3v) is 3.44. The molecule has 1 aromatic carbocycles. The van der Waals surface area contributed by atoms with Gasteiger partial charge in [-0.3, -0.25) is 5.32 Å². The molecule has 0 aliphatic heterocycles. The number of carbonyl (C=O) groups is 1. The summed E-state index contributed by atoms with van der Waals surface area (Å²) in [5.41, 5.74) is 1.26. The maximum absolute atomic E-state index is 12.0. The summed E-state index contributed by atoms with van der Waals surface area (Å²) in [5.74, 6) is 0.132. The number of ether oxygens (including phenoxy) is 1. The van der Waals surface area contributed by atoms with E-state index < -0.39 is 6.09 Å². The fraction of sp³-hybridized carbons (Fsp3) is 0.188. The Morgan fingerprint density at radius 3 is 2.65 bits per heavy atom. The number of halogens is 1. The summed E-state index contributed by atoms with van der Waals surface area (Å²) in [5, 5.41) is 3.29. The molecule has 0 saturated carbocycles. The molecule has 3 aromatic rings. The van der Waals surface area contributed by atoms with Gasteiger partial charge in [-0.25, -0.2) is 4.79 Å². The molecule has 3 rings (SSSR count). The van der Waals surface area contributed by atoms with Gasteiger partial charge >= 0.3 is 6.09 Å². The van der Waals surface area contributed by atoms with Crippen molar-refractivity contribution in [2.45, 2.75) is 19.9 Å². The molecule has 0 fully saturated rings. The quantitative estimate of drug-likeness (QED) is 0.728. The molecule has 0 atom stereocenters. The Labute approximate surface area is 138 Å². The van der Waals surface area contributed by atoms with Gasteiger partial charge in [0.25, 0.3) is 0 Å². The number of hydrogen-bond donors (Lipinski definition) is 1. The van der Waals surface area contributed by atoms with Crippen molar-refractivity contribution < 1.29 is 9.53 Å². The topological polar surface area (TPSA) is 69.0 Å². The number of para-hydroxylation sites is 1. The molecular weight excluding hydrogens is 316 g/mol. The minimum Gasteiger partial charge on any atom is -0.390 e. The monoisotopic (exact) mass is 330 g/mol. The van der Waals surface area contributed by atoms with Gasteiger partial charge in [-0.1, -0.05) is 18.2 Å². The Balaban J connectivity index is 1.89. The van der Waals surface area contributed by atoms with Gasteiger partial charge in [0.05, 0.1) is 5.39 Å². The van der Waals surface area contributed by atoms with Crippen molar-refractivity contribution in [2.75, 3.05) is 5.32 Å². The predicted molar refractivity (Wildman–Crippen MR) is 89.0 cm³/mol. The van der Waals surface area contributed by atoms with Crippen molar-refractivity contribution in [1.29, 1.82) is 0 Å². The summed E-state index contributed by atoms with van der Waals surface area (Å²) < 4.78 is 7.24. The third kappa shape index (κ3) is 3.27. The zero-order chi connectivity index (χ0) is 16.4. The second kappa shape index (κ2) is 6.26. The molecule has 6 nitrogen and oxygen atoms in total. The van der Waals surface area contributed by atoms with Crippen LogP contribution in [-0.4, -0.2) is 20.6 Å². The Kier molecular flexibility index (Phi) is 4.16. The first-order valence-corrected chi connectivity index (χ1v) is 7.50. The lowest BCUT2D eigenvalue weighted by molar-refractivity contribution is 0.214. The molecule has 0 saturated heterocycles. The molecule has 1 amide bonds. The number of fused-ring (bicyclic) bond motifs is 1. The largest absolute Gasteiger partial charge is 0.418 e. The Morgan fingerprint density at radius 2 is 1.96 bits per heavy atom. The van der Waals surface area contributed by atoms with Crippen LogP contribution in [0.5, 0.6) is 5.88 Å². The number of hydrogen-bond acceptors (Lipinski definition) is 4. The Morgan fingerprint density at radius 1 is 1.22 bits per heavy atom. The molecule has 0 radical (unpaired) electrons. The van der Waals surface area contributed by atoms with Gasteiger partial charge in [0.2, 0.25) is 11.2 Å². The molecule has 0 bridgehead atoms. The average Bonchev–Trinajstić information content (AvgIpc) is 2.92. The van der Waals surface area contributed by atoms with Crippen LogP contribution in [0.1, 0.15) is 19.9 Å². The lowest BCUT2D eigenvalue weighted by Gasteiger charge is -2.10. The van der Waals surface area contributed by atoms with Crippen LogP contribution < -0.4 is 10.1 Å². The van der Waals surface area contributed by atoms with E-state index in [1.54, 1.807) is 18.2 Å². The summed E-state index contributed by atoms with van der Waals surface area (Å²) in [6.07, 6.45) is 1.23. The molecule has 2 aromatic heterocycles. The number of rotatable bonds is 3. The highest BCUT2D eigenvalue weighted by atomic mass is 35.5. The summed E-state index contributed by atoms with van der Waals surface area (Å²) in [6, 6.07) is 11.0. The number of carbonyl (C=O) groups excluding carboxylic acids is 1. The van der Waals surface area contributed by atoms with Gasteiger partial charge in [-0.15, -0.1) is 0 Å². The maximum Gasteiger partial charge on any atom is 0.418 e. The van der Waals surface area contributed by atoms with E-state index in [-0.39, 0.29) is 17.2 Å². The highest BCUT2D eigenvalue weighted by Crippen LogP contribution is 2.27. The lowest BCUT2D eigenvalue weighted by Crippen LogP contribution is -2.17. The van der Waals surface area contributed by atoms with Gasteiger partial charge in [-0.05, 0) is 43.6 Å². The number of nitrogens with one attached hydrogen (secondary N) is 1. The molecule has 118 valence electrons. The maximum atomic E-state index is 12.0. The summed E-state index contributed by atoms with van der Waals surface area (Å²) in [4.78, 5) is 20.3. The van der Waals surface area contributed by atoms with Crippen LogP contribution in [-0.2, 0) is 0 Å². The molecule has 0 unspecified atom stereocenters. The second-order valence-corrected chi connectivity index (χ2v) is 5.57. The second-order valence-electron chi connectivity index (χ2n) is 5.23. The summed E-state index contributed by atoms with van der Waals surface area (Å²) in [6.45, 7) is 4.05. The number of benzene rings is 1. The van der Waals surface area contributed by atoms with E-state index in [2.05, 4.69) is 15.3 Å². The molecule has 23 heavy (non-hydrogen) atoms. The number of anilines is 1. The first-order valence-electron chi connectivity index (χ1n) is 7.12. The van der Waals surface area contributed by atoms with Crippen molar-refractivity contribution in [1.82, 2.24) is 14.5 Å². The molecule has 2 heterocycles. The van der Waals surface area contributed by atoms with Crippen molar-refractivity contribution in [3.63, 3.8) is 0 Å². The summed E-state index contributed by atoms with van der Waals surface area (Å²) >= 11 is 5.95. The van der Waals surface area contributed by atoms with E-state index in [0.717, 1.165) is 0 Å². The number of amides is 1. The fourth-order valence-corrected chi connectivity index (χ4v) is 2.38. The fourth-order valence-electron chi connectivity index (χ4n) is 2.23. The van der Waals surface area contributed by atoms with Crippen molar-refractivity contribution in [3.05, 3.63) is 47.9 Å². The van der Waals surface area contributed by atoms with Gasteiger partial charge in [0.15, 0.2) is 0 Å². The molecule has 0 spiro atoms. The van der Waals surface area contributed by atoms with Crippen LogP contribution in [0.4, 0.5) is 10.5 Å². The molecular formula is C16H15ClN4O2. The summed E-state index contributed by atoms with van der Waals surface area (Å²) in [7, 11) is 0. The smallest absolute Gasteiger partial charge is 0.390 e. The first-order chi connectivity index (χ1) is 11.0. The van der Waals surface area contributed by atoms with E-state index in [0.29, 0.717) is 16.7 Å². The van der Waals surface area contributed by atoms with Crippen molar-refractivity contribution >= 4 is 34.4 Å². The predicted octanol–water partition coefficient (Wildman–Crippen LogP) is 4.28. The lowest BCUT2D eigenvalue weighted by atomic mass is 10.3. The van der Waals surface area contributed by atoms with Crippen molar-refractivity contribution in [3.8, 4) is 5.88 Å². The number of aromatic nitrogens is 3. The third-order valence-electron chi connectivity index (χ3n) is 3.28. The normalized spacial score (nSPS) is 11.0. The first kappa shape index (κ1) is 15.3. The molecule has 0 aliphatic carbocycles. The van der Waals surface area contributed by atoms with Gasteiger partial charge in [0, 0.05) is 17.9 Å². The van der Waals surface area contributed by atoms with Crippen LogP contribution in [0, 0.1) is 0 Å². The van der Waals surface area contributed by atoms with Crippen LogP contribution in [0.15, 0.2) is 42.6 Å². The van der Waals surface area contributed by atoms with Gasteiger partial charge in [0.1, 0.15) is 5.65 Å². The Hall–Kier alpha value is -2.60. The van der Waals surface area contributed by atoms with E-state index >= 15 is 0 Å². The minimum atomic E-state index is -0.635. The van der Waals surface area contributed by atoms with Crippen LogP contribution in [0.3, 0.4) is 0 Å². The molecule has 1 N–H and O–H groups in total. The van der Waals surface area contributed by atoms with E-state index in [4.69, 9.17) is 16.3 Å². The highest BCUT2D eigenvalue weighted by Gasteiger charge is 2.16. The number of nitrogens with zero attached hydrogens (tertiary/aromatic N) is 3. The standard InChI is InChI=1S/C16H15ClN4O2/c1-10(2)21-9-8-12-13(21)19-15(17)20-14(12)23-16(22)18-11-6-4-3-5-7-11/h3-10H,1-2H3,(H,18,22). The van der Waals surface area contributed by atoms with E-state index in [1.807, 2.05) is 42.8 Å². The molecule has 7 heteroatoms. The minimum absolute atomic E-state index is 0.0283. The zero-order valence-corrected chi connectivity index (χ0v) is 13.4. The highest BCUT2D eigenvalue weighted by molar-refractivity contribution is 6.28. The SMILES string of the molecule is CC(C)n1ccc2c(OC(=O)Nc3ccccc3)nc(Cl)nc21. The van der Waals surface area contributed by atoms with Crippen LogP contribution in [0.25, 0.3) is 11.0 Å². The van der Waals surface area contributed by atoms with Crippen molar-refractivity contribution in [2.24, 2.45) is 0 Å². The average molecular weight is 331 g/mol. The van der Waals surface area contributed by atoms with Gasteiger partial charge in [-0.2, -0.15) is 9.97 Å². The Bertz CT molecular complexity index is 846. The molecule has 0 aliphatic rings. The van der Waals surface area contributed by atoms with E-state index in [1.165, 1.54) is 0 Å². The van der Waals surface area contributed by atoms with Crippen LogP contribution >= 0.6 is 11.6 Å². The van der Waals surface area contributed by atoms with Gasteiger partial charge < -0.3 is 9.30 Å². The van der Waals surface area contributed by atoms with E-state index in [9.17, 15) is 4.79 Å². The van der Waals surface area contributed by atoms with Crippen LogP contribution in [0.2, 0.25) is 5.28 Å².